The number of pyridine rings is 1. The number of hydrogen-bond acceptors (Lipinski definition) is 5. The summed E-state index contributed by atoms with van der Waals surface area (Å²) in [6.07, 6.45) is 0.251. The highest BCUT2D eigenvalue weighted by Gasteiger charge is 2.29. The van der Waals surface area contributed by atoms with Crippen molar-refractivity contribution < 1.29 is 19.1 Å². The molecule has 0 spiro atoms. The van der Waals surface area contributed by atoms with Gasteiger partial charge in [-0.15, -0.1) is 0 Å². The van der Waals surface area contributed by atoms with E-state index in [-0.39, 0.29) is 30.8 Å². The maximum Gasteiger partial charge on any atom is 0.309 e. The SMILES string of the molecule is CCOC(=O)C(CC(=O)C(Cc1cc(=O)[nH]c2ccccc12)NC(=O)c1ccc(Cl)cc1)Cc1ccccc1. The second kappa shape index (κ2) is 13.0. The number of hydrogen-bond donors (Lipinski definition) is 2. The number of carbonyl (C=O) groups is 3. The number of Topliss-reactive ketones (excluding diaryl/α,β-unsaturated/α-hetero) is 1. The molecule has 0 fully saturated rings. The summed E-state index contributed by atoms with van der Waals surface area (Å²) in [5.41, 5.74) is 2.15. The summed E-state index contributed by atoms with van der Waals surface area (Å²) >= 11 is 5.97. The summed E-state index contributed by atoms with van der Waals surface area (Å²) in [6.45, 7) is 1.90. The van der Waals surface area contributed by atoms with Gasteiger partial charge < -0.3 is 15.0 Å². The Morgan fingerprint density at radius 1 is 0.923 bits per heavy atom. The third kappa shape index (κ3) is 7.42. The average Bonchev–Trinajstić information content (AvgIpc) is 2.93. The van der Waals surface area contributed by atoms with Gasteiger partial charge in [-0.25, -0.2) is 0 Å². The monoisotopic (exact) mass is 544 g/mol. The average molecular weight is 545 g/mol. The van der Waals surface area contributed by atoms with Crippen LogP contribution in [0.25, 0.3) is 10.9 Å². The highest BCUT2D eigenvalue weighted by molar-refractivity contribution is 6.30. The van der Waals surface area contributed by atoms with Crippen molar-refractivity contribution in [2.75, 3.05) is 6.61 Å². The maximum atomic E-state index is 13.8. The van der Waals surface area contributed by atoms with Crippen molar-refractivity contribution in [2.24, 2.45) is 5.92 Å². The first-order valence-electron chi connectivity index (χ1n) is 12.7. The fraction of sp³-hybridized carbons (Fsp3) is 0.226. The molecule has 2 atom stereocenters. The zero-order chi connectivity index (χ0) is 27.8. The third-order valence-corrected chi connectivity index (χ3v) is 6.71. The van der Waals surface area contributed by atoms with E-state index in [9.17, 15) is 19.2 Å². The lowest BCUT2D eigenvalue weighted by atomic mass is 9.89. The van der Waals surface area contributed by atoms with Crippen LogP contribution >= 0.6 is 11.6 Å². The number of halogens is 1. The molecule has 8 heteroatoms. The number of ether oxygens (including phenoxy) is 1. The lowest BCUT2D eigenvalue weighted by molar-refractivity contribution is -0.149. The van der Waals surface area contributed by atoms with Crippen LogP contribution in [0.15, 0.2) is 89.7 Å². The smallest absolute Gasteiger partial charge is 0.309 e. The molecule has 0 aliphatic carbocycles. The first-order chi connectivity index (χ1) is 18.8. The van der Waals surface area contributed by atoms with Crippen molar-refractivity contribution in [3.63, 3.8) is 0 Å². The van der Waals surface area contributed by atoms with Gasteiger partial charge in [-0.05, 0) is 54.8 Å². The Bertz CT molecular complexity index is 1520. The van der Waals surface area contributed by atoms with E-state index in [1.165, 1.54) is 6.07 Å². The number of aromatic amines is 1. The van der Waals surface area contributed by atoms with Gasteiger partial charge in [0.1, 0.15) is 0 Å². The number of benzene rings is 3. The predicted molar refractivity (Wildman–Crippen MR) is 151 cm³/mol. The lowest BCUT2D eigenvalue weighted by Crippen LogP contribution is -2.44. The van der Waals surface area contributed by atoms with E-state index in [0.29, 0.717) is 28.1 Å². The molecule has 0 saturated heterocycles. The molecular weight excluding hydrogens is 516 g/mol. The van der Waals surface area contributed by atoms with Crippen LogP contribution in [-0.4, -0.2) is 35.3 Å². The van der Waals surface area contributed by atoms with E-state index in [1.807, 2.05) is 42.5 Å². The second-order valence-corrected chi connectivity index (χ2v) is 9.69. The first kappa shape index (κ1) is 27.8. The molecule has 4 rings (SSSR count). The molecule has 0 bridgehead atoms. The van der Waals surface area contributed by atoms with Crippen molar-refractivity contribution in [1.82, 2.24) is 10.3 Å². The maximum absolute atomic E-state index is 13.8. The quantitative estimate of drug-likeness (QED) is 0.261. The van der Waals surface area contributed by atoms with Crippen LogP contribution in [0.3, 0.4) is 0 Å². The van der Waals surface area contributed by atoms with E-state index >= 15 is 0 Å². The van der Waals surface area contributed by atoms with Crippen LogP contribution < -0.4 is 10.9 Å². The van der Waals surface area contributed by atoms with Gasteiger partial charge in [0.05, 0.1) is 18.6 Å². The van der Waals surface area contributed by atoms with E-state index in [4.69, 9.17) is 16.3 Å². The molecule has 4 aromatic rings. The van der Waals surface area contributed by atoms with Gasteiger partial charge in [-0.2, -0.15) is 0 Å². The van der Waals surface area contributed by atoms with E-state index in [0.717, 1.165) is 10.9 Å². The molecule has 3 aromatic carbocycles. The Morgan fingerprint density at radius 2 is 1.62 bits per heavy atom. The van der Waals surface area contributed by atoms with Gasteiger partial charge in [0.25, 0.3) is 5.91 Å². The topological polar surface area (TPSA) is 105 Å². The summed E-state index contributed by atoms with van der Waals surface area (Å²) in [7, 11) is 0. The Labute approximate surface area is 231 Å². The van der Waals surface area contributed by atoms with Gasteiger partial charge in [0, 0.05) is 40.4 Å². The van der Waals surface area contributed by atoms with Gasteiger partial charge >= 0.3 is 5.97 Å². The Kier molecular flexibility index (Phi) is 9.28. The number of nitrogens with one attached hydrogen (secondary N) is 2. The Hall–Kier alpha value is -4.23. The predicted octanol–water partition coefficient (Wildman–Crippen LogP) is 4.90. The van der Waals surface area contributed by atoms with Gasteiger partial charge in [-0.3, -0.25) is 19.2 Å². The van der Waals surface area contributed by atoms with E-state index in [1.54, 1.807) is 43.3 Å². The van der Waals surface area contributed by atoms with Crippen LogP contribution in [0.1, 0.15) is 34.8 Å². The van der Waals surface area contributed by atoms with Gasteiger partial charge in [-0.1, -0.05) is 60.1 Å². The van der Waals surface area contributed by atoms with Crippen LogP contribution in [0.4, 0.5) is 0 Å². The molecule has 0 aliphatic rings. The minimum Gasteiger partial charge on any atom is -0.466 e. The zero-order valence-electron chi connectivity index (χ0n) is 21.5. The molecule has 7 nitrogen and oxygen atoms in total. The molecule has 2 unspecified atom stereocenters. The standard InChI is InChI=1S/C31H29ClN2O5/c1-2-39-31(38)23(16-20-8-4-3-5-9-20)18-28(35)27(34-30(37)21-12-14-24(32)15-13-21)17-22-19-29(36)33-26-11-7-6-10-25(22)26/h3-15,19,23,27H,2,16-18H2,1H3,(H,33,36)(H,34,37). The molecule has 0 radical (unpaired) electrons. The Balaban J connectivity index is 1.65. The molecule has 1 aromatic heterocycles. The molecule has 0 aliphatic heterocycles. The molecule has 200 valence electrons. The zero-order valence-corrected chi connectivity index (χ0v) is 22.2. The first-order valence-corrected chi connectivity index (χ1v) is 13.1. The summed E-state index contributed by atoms with van der Waals surface area (Å²) in [5.74, 6) is -2.00. The van der Waals surface area contributed by atoms with Crippen molar-refractivity contribution in [1.29, 1.82) is 0 Å². The van der Waals surface area contributed by atoms with Crippen LogP contribution in [-0.2, 0) is 27.2 Å². The number of rotatable bonds is 11. The minimum absolute atomic E-state index is 0.0729. The summed E-state index contributed by atoms with van der Waals surface area (Å²) < 4.78 is 5.27. The molecule has 1 heterocycles. The molecule has 1 amide bonds. The van der Waals surface area contributed by atoms with Crippen molar-refractivity contribution in [3.05, 3.63) is 117 Å². The summed E-state index contributed by atoms with van der Waals surface area (Å²) in [4.78, 5) is 54.9. The summed E-state index contributed by atoms with van der Waals surface area (Å²) in [5, 5.41) is 4.07. The largest absolute Gasteiger partial charge is 0.466 e. The van der Waals surface area contributed by atoms with E-state index in [2.05, 4.69) is 10.3 Å². The fourth-order valence-electron chi connectivity index (χ4n) is 4.54. The summed E-state index contributed by atoms with van der Waals surface area (Å²) in [6, 6.07) is 23.4. The lowest BCUT2D eigenvalue weighted by Gasteiger charge is -2.22. The minimum atomic E-state index is -0.994. The molecule has 39 heavy (non-hydrogen) atoms. The number of carbonyl (C=O) groups excluding carboxylic acids is 3. The second-order valence-electron chi connectivity index (χ2n) is 9.25. The molecule has 2 N–H and O–H groups in total. The Morgan fingerprint density at radius 3 is 2.33 bits per heavy atom. The molecular formula is C31H29ClN2O5. The number of para-hydroxylation sites is 1. The van der Waals surface area contributed by atoms with E-state index < -0.39 is 23.8 Å². The van der Waals surface area contributed by atoms with Crippen LogP contribution in [0.5, 0.6) is 0 Å². The number of amides is 1. The number of H-pyrrole nitrogens is 1. The van der Waals surface area contributed by atoms with Crippen LogP contribution in [0, 0.1) is 5.92 Å². The van der Waals surface area contributed by atoms with Gasteiger partial charge in [0.2, 0.25) is 5.56 Å². The highest BCUT2D eigenvalue weighted by Crippen LogP contribution is 2.21. The number of fused-ring (bicyclic) bond motifs is 1. The molecule has 0 saturated carbocycles. The normalized spacial score (nSPS) is 12.5. The fourth-order valence-corrected chi connectivity index (χ4v) is 4.66. The number of aromatic nitrogens is 1. The third-order valence-electron chi connectivity index (χ3n) is 6.45. The highest BCUT2D eigenvalue weighted by atomic mass is 35.5. The van der Waals surface area contributed by atoms with Crippen molar-refractivity contribution in [3.8, 4) is 0 Å². The van der Waals surface area contributed by atoms with Gasteiger partial charge in [0.15, 0.2) is 5.78 Å². The number of ketones is 1. The van der Waals surface area contributed by atoms with Crippen LogP contribution in [0.2, 0.25) is 5.02 Å². The number of esters is 1. The van der Waals surface area contributed by atoms with Crippen molar-refractivity contribution in [2.45, 2.75) is 32.2 Å². The van der Waals surface area contributed by atoms with Crippen molar-refractivity contribution >= 4 is 40.2 Å².